The maximum Gasteiger partial charge on any atom is 0.222 e. The summed E-state index contributed by atoms with van der Waals surface area (Å²) in [6.45, 7) is 4.23. The van der Waals surface area contributed by atoms with Crippen LogP contribution >= 0.6 is 0 Å². The topological polar surface area (TPSA) is 29.5 Å². The normalized spacial score (nSPS) is 19.4. The van der Waals surface area contributed by atoms with E-state index in [2.05, 4.69) is 24.3 Å². The molecule has 104 valence electrons. The third kappa shape index (κ3) is 4.35. The number of hydrogen-bond acceptors (Lipinski definition) is 2. The van der Waals surface area contributed by atoms with Crippen molar-refractivity contribution in [3.05, 3.63) is 35.9 Å². The zero-order valence-electron chi connectivity index (χ0n) is 11.7. The summed E-state index contributed by atoms with van der Waals surface area (Å²) in [6, 6.07) is 10.4. The van der Waals surface area contributed by atoms with Crippen molar-refractivity contribution in [3.8, 4) is 0 Å². The van der Waals surface area contributed by atoms with Gasteiger partial charge in [-0.15, -0.1) is 0 Å². The van der Waals surface area contributed by atoms with E-state index in [0.717, 1.165) is 32.4 Å². The summed E-state index contributed by atoms with van der Waals surface area (Å²) in [4.78, 5) is 13.8. The first kappa shape index (κ1) is 14.1. The van der Waals surface area contributed by atoms with Gasteiger partial charge in [0.1, 0.15) is 0 Å². The van der Waals surface area contributed by atoms with Gasteiger partial charge in [-0.05, 0) is 24.8 Å². The minimum Gasteiger partial charge on any atom is -0.375 e. The molecule has 1 atom stereocenters. The molecule has 0 radical (unpaired) electrons. The number of aryl methyl sites for hydroxylation is 1. The van der Waals surface area contributed by atoms with Gasteiger partial charge in [-0.25, -0.2) is 0 Å². The predicted octanol–water partition coefficient (Wildman–Crippen LogP) is 2.65. The number of nitrogens with zero attached hydrogens (tertiary/aromatic N) is 1. The second-order valence-corrected chi connectivity index (χ2v) is 5.11. The third-order valence-corrected chi connectivity index (χ3v) is 3.55. The highest BCUT2D eigenvalue weighted by Crippen LogP contribution is 2.13. The molecule has 1 amide bonds. The molecule has 3 nitrogen and oxygen atoms in total. The fourth-order valence-corrected chi connectivity index (χ4v) is 2.46. The van der Waals surface area contributed by atoms with Gasteiger partial charge >= 0.3 is 0 Å². The number of amides is 1. The minimum atomic E-state index is 0.190. The van der Waals surface area contributed by atoms with E-state index in [4.69, 9.17) is 4.74 Å². The van der Waals surface area contributed by atoms with Crippen molar-refractivity contribution in [1.29, 1.82) is 0 Å². The molecule has 3 heteroatoms. The van der Waals surface area contributed by atoms with E-state index in [1.807, 2.05) is 17.9 Å². The monoisotopic (exact) mass is 261 g/mol. The second kappa shape index (κ2) is 7.29. The average molecular weight is 261 g/mol. The van der Waals surface area contributed by atoms with Gasteiger partial charge < -0.3 is 9.64 Å². The Labute approximate surface area is 115 Å². The number of morpholine rings is 1. The van der Waals surface area contributed by atoms with Crippen molar-refractivity contribution in [2.75, 3.05) is 19.7 Å². The number of rotatable bonds is 5. The maximum atomic E-state index is 11.9. The molecule has 0 bridgehead atoms. The highest BCUT2D eigenvalue weighted by molar-refractivity contribution is 5.76. The van der Waals surface area contributed by atoms with Crippen LogP contribution in [0.25, 0.3) is 0 Å². The number of carbonyl (C=O) groups is 1. The highest BCUT2D eigenvalue weighted by atomic mass is 16.5. The molecular weight excluding hydrogens is 238 g/mol. The Morgan fingerprint density at radius 2 is 2.16 bits per heavy atom. The molecular formula is C16H23NO2. The Balaban J connectivity index is 1.79. The number of hydrogen-bond donors (Lipinski definition) is 0. The fraction of sp³-hybridized carbons (Fsp3) is 0.562. The largest absolute Gasteiger partial charge is 0.375 e. The van der Waals surface area contributed by atoms with Crippen LogP contribution in [-0.4, -0.2) is 36.6 Å². The molecule has 0 aromatic heterocycles. The van der Waals surface area contributed by atoms with E-state index >= 15 is 0 Å². The molecule has 1 aliphatic rings. The summed E-state index contributed by atoms with van der Waals surface area (Å²) in [5.41, 5.74) is 1.34. The van der Waals surface area contributed by atoms with Crippen LogP contribution in [0.15, 0.2) is 30.3 Å². The third-order valence-electron chi connectivity index (χ3n) is 3.55. The van der Waals surface area contributed by atoms with E-state index in [1.54, 1.807) is 0 Å². The molecule has 2 rings (SSSR count). The smallest absolute Gasteiger partial charge is 0.222 e. The molecule has 1 fully saturated rings. The van der Waals surface area contributed by atoms with Crippen LogP contribution in [0.1, 0.15) is 31.7 Å². The van der Waals surface area contributed by atoms with Gasteiger partial charge in [-0.1, -0.05) is 37.3 Å². The highest BCUT2D eigenvalue weighted by Gasteiger charge is 2.23. The molecule has 1 aliphatic heterocycles. The molecule has 0 spiro atoms. The molecule has 0 aliphatic carbocycles. The van der Waals surface area contributed by atoms with Crippen LogP contribution in [0.3, 0.4) is 0 Å². The number of benzene rings is 1. The van der Waals surface area contributed by atoms with Crippen LogP contribution in [-0.2, 0) is 16.0 Å². The van der Waals surface area contributed by atoms with Crippen LogP contribution in [0.4, 0.5) is 0 Å². The Hall–Kier alpha value is -1.35. The lowest BCUT2D eigenvalue weighted by atomic mass is 10.1. The lowest BCUT2D eigenvalue weighted by Crippen LogP contribution is -2.45. The second-order valence-electron chi connectivity index (χ2n) is 5.11. The Morgan fingerprint density at radius 3 is 2.89 bits per heavy atom. The lowest BCUT2D eigenvalue weighted by molar-refractivity contribution is -0.139. The Bertz CT molecular complexity index is 391. The molecule has 0 saturated carbocycles. The zero-order chi connectivity index (χ0) is 13.5. The molecule has 1 saturated heterocycles. The minimum absolute atomic E-state index is 0.190. The average Bonchev–Trinajstić information content (AvgIpc) is 2.47. The van der Waals surface area contributed by atoms with E-state index in [1.165, 1.54) is 5.56 Å². The van der Waals surface area contributed by atoms with E-state index in [-0.39, 0.29) is 12.0 Å². The fourth-order valence-electron chi connectivity index (χ4n) is 2.46. The number of carbonyl (C=O) groups excluding carboxylic acids is 1. The zero-order valence-corrected chi connectivity index (χ0v) is 11.7. The van der Waals surface area contributed by atoms with E-state index in [9.17, 15) is 4.79 Å². The van der Waals surface area contributed by atoms with Gasteiger partial charge in [0.2, 0.25) is 5.91 Å². The maximum absolute atomic E-state index is 11.9. The molecule has 1 aromatic carbocycles. The Kier molecular flexibility index (Phi) is 5.40. The molecule has 1 unspecified atom stereocenters. The molecule has 1 aromatic rings. The van der Waals surface area contributed by atoms with Crippen molar-refractivity contribution in [2.45, 2.75) is 38.7 Å². The van der Waals surface area contributed by atoms with Crippen LogP contribution in [0.5, 0.6) is 0 Å². The first-order valence-electron chi connectivity index (χ1n) is 7.23. The predicted molar refractivity (Wildman–Crippen MR) is 76.0 cm³/mol. The van der Waals surface area contributed by atoms with Gasteiger partial charge in [0.15, 0.2) is 0 Å². The summed E-state index contributed by atoms with van der Waals surface area (Å²) in [5, 5.41) is 0. The summed E-state index contributed by atoms with van der Waals surface area (Å²) in [6.07, 6.45) is 3.77. The van der Waals surface area contributed by atoms with Crippen molar-refractivity contribution in [3.63, 3.8) is 0 Å². The lowest BCUT2D eigenvalue weighted by Gasteiger charge is -2.33. The summed E-state index contributed by atoms with van der Waals surface area (Å²) < 4.78 is 5.76. The van der Waals surface area contributed by atoms with Crippen molar-refractivity contribution in [1.82, 2.24) is 4.90 Å². The molecule has 0 N–H and O–H groups in total. The van der Waals surface area contributed by atoms with Gasteiger partial charge in [0.05, 0.1) is 12.7 Å². The van der Waals surface area contributed by atoms with Crippen molar-refractivity contribution < 1.29 is 9.53 Å². The summed E-state index contributed by atoms with van der Waals surface area (Å²) in [5.74, 6) is 0.274. The van der Waals surface area contributed by atoms with E-state index in [0.29, 0.717) is 13.0 Å². The van der Waals surface area contributed by atoms with Gasteiger partial charge in [0.25, 0.3) is 0 Å². The van der Waals surface area contributed by atoms with Crippen molar-refractivity contribution >= 4 is 5.91 Å². The first-order chi connectivity index (χ1) is 9.29. The summed E-state index contributed by atoms with van der Waals surface area (Å²) >= 11 is 0. The van der Waals surface area contributed by atoms with Crippen LogP contribution in [0.2, 0.25) is 0 Å². The molecule has 1 heterocycles. The van der Waals surface area contributed by atoms with Crippen molar-refractivity contribution in [2.24, 2.45) is 0 Å². The van der Waals surface area contributed by atoms with Gasteiger partial charge in [-0.2, -0.15) is 0 Å². The number of ether oxygens (including phenoxy) is 1. The first-order valence-corrected chi connectivity index (χ1v) is 7.23. The van der Waals surface area contributed by atoms with Crippen LogP contribution < -0.4 is 0 Å². The van der Waals surface area contributed by atoms with Gasteiger partial charge in [0, 0.05) is 19.5 Å². The molecule has 19 heavy (non-hydrogen) atoms. The SMILES string of the molecule is CCCC(=O)N1CCOC(CCc2ccccc2)C1. The Morgan fingerprint density at radius 1 is 1.37 bits per heavy atom. The van der Waals surface area contributed by atoms with Crippen LogP contribution in [0, 0.1) is 0 Å². The quantitative estimate of drug-likeness (QED) is 0.815. The van der Waals surface area contributed by atoms with Gasteiger partial charge in [-0.3, -0.25) is 4.79 Å². The van der Waals surface area contributed by atoms with E-state index < -0.39 is 0 Å². The summed E-state index contributed by atoms with van der Waals surface area (Å²) in [7, 11) is 0. The standard InChI is InChI=1S/C16H23NO2/c1-2-6-16(18)17-11-12-19-15(13-17)10-9-14-7-4-3-5-8-14/h3-5,7-8,15H,2,6,9-13H2,1H3.